The van der Waals surface area contributed by atoms with Crippen molar-refractivity contribution in [2.24, 2.45) is 0 Å². The summed E-state index contributed by atoms with van der Waals surface area (Å²) in [6, 6.07) is 0. The third kappa shape index (κ3) is 2.88. The highest BCUT2D eigenvalue weighted by molar-refractivity contribution is 5.84. The molecule has 0 saturated carbocycles. The molecule has 1 heterocycles. The van der Waals surface area contributed by atoms with E-state index < -0.39 is 23.4 Å². The van der Waals surface area contributed by atoms with Crippen LogP contribution in [0.2, 0.25) is 0 Å². The van der Waals surface area contributed by atoms with Crippen LogP contribution < -0.4 is 0 Å². The smallest absolute Gasteiger partial charge is 0.413 e. The zero-order valence-electron chi connectivity index (χ0n) is 10.6. The molecular formula is C11H19NO5. The Morgan fingerprint density at radius 1 is 1.35 bits per heavy atom. The first-order valence-corrected chi connectivity index (χ1v) is 5.52. The Kier molecular flexibility index (Phi) is 3.66. The van der Waals surface area contributed by atoms with Gasteiger partial charge in [0.25, 0.3) is 0 Å². The first kappa shape index (κ1) is 13.8. The van der Waals surface area contributed by atoms with Gasteiger partial charge in [-0.2, -0.15) is 0 Å². The van der Waals surface area contributed by atoms with Gasteiger partial charge < -0.3 is 14.6 Å². The highest BCUT2D eigenvalue weighted by atomic mass is 16.6. The highest BCUT2D eigenvalue weighted by Gasteiger charge is 2.50. The van der Waals surface area contributed by atoms with Crippen LogP contribution in [0.5, 0.6) is 0 Å². The molecule has 0 radical (unpaired) electrons. The van der Waals surface area contributed by atoms with Gasteiger partial charge >= 0.3 is 12.1 Å². The minimum absolute atomic E-state index is 0.166. The summed E-state index contributed by atoms with van der Waals surface area (Å²) in [5.74, 6) is -0.833. The molecule has 6 heteroatoms. The van der Waals surface area contributed by atoms with E-state index in [-0.39, 0.29) is 13.0 Å². The largest absolute Gasteiger partial charge is 0.465 e. The van der Waals surface area contributed by atoms with Gasteiger partial charge in [0.15, 0.2) is 0 Å². The second-order valence-corrected chi connectivity index (χ2v) is 5.04. The van der Waals surface area contributed by atoms with E-state index in [4.69, 9.17) is 4.74 Å². The Bertz CT molecular complexity index is 322. The third-order valence-corrected chi connectivity index (χ3v) is 2.48. The lowest BCUT2D eigenvalue weighted by Crippen LogP contribution is -2.54. The lowest BCUT2D eigenvalue weighted by molar-refractivity contribution is -0.178. The van der Waals surface area contributed by atoms with E-state index in [1.165, 1.54) is 7.11 Å². The Morgan fingerprint density at radius 2 is 1.94 bits per heavy atom. The average molecular weight is 245 g/mol. The lowest BCUT2D eigenvalue weighted by atomic mass is 10.1. The van der Waals surface area contributed by atoms with E-state index in [0.29, 0.717) is 6.42 Å². The summed E-state index contributed by atoms with van der Waals surface area (Å²) < 4.78 is 9.64. The van der Waals surface area contributed by atoms with E-state index in [2.05, 4.69) is 4.74 Å². The Balaban J connectivity index is 2.83. The van der Waals surface area contributed by atoms with Crippen molar-refractivity contribution in [3.63, 3.8) is 0 Å². The van der Waals surface area contributed by atoms with Gasteiger partial charge in [0.1, 0.15) is 5.60 Å². The Morgan fingerprint density at radius 3 is 2.41 bits per heavy atom. The third-order valence-electron chi connectivity index (χ3n) is 2.48. The number of amides is 1. The average Bonchev–Trinajstić information content (AvgIpc) is 2.58. The van der Waals surface area contributed by atoms with E-state index in [9.17, 15) is 14.7 Å². The molecule has 6 nitrogen and oxygen atoms in total. The van der Waals surface area contributed by atoms with E-state index in [1.807, 2.05) is 0 Å². The zero-order chi connectivity index (χ0) is 13.3. The summed E-state index contributed by atoms with van der Waals surface area (Å²) in [5, 5.41) is 10.1. The second-order valence-electron chi connectivity index (χ2n) is 5.04. The molecule has 98 valence electrons. The number of esters is 1. The molecule has 1 atom stereocenters. The number of nitrogens with zero attached hydrogens (tertiary/aromatic N) is 1. The molecule has 0 unspecified atom stereocenters. The van der Waals surface area contributed by atoms with Crippen LogP contribution in [0.4, 0.5) is 4.79 Å². The number of ether oxygens (including phenoxy) is 2. The summed E-state index contributed by atoms with van der Waals surface area (Å²) in [7, 11) is 1.17. The molecule has 1 saturated heterocycles. The van der Waals surface area contributed by atoms with Crippen molar-refractivity contribution in [3.8, 4) is 0 Å². The molecule has 0 aromatic rings. The molecule has 1 fully saturated rings. The predicted octanol–water partition coefficient (Wildman–Crippen LogP) is 0.879. The molecule has 0 spiro atoms. The van der Waals surface area contributed by atoms with Crippen molar-refractivity contribution in [1.29, 1.82) is 0 Å². The summed E-state index contributed by atoms with van der Waals surface area (Å²) in [4.78, 5) is 24.3. The van der Waals surface area contributed by atoms with Crippen LogP contribution in [-0.2, 0) is 14.3 Å². The standard InChI is InChI=1S/C11H19NO5/c1-10(2,3)17-9(14)12-7-5-6-11(12,15)8(13)16-4/h15H,5-7H2,1-4H3/t11-/m0/s1. The number of carbonyl (C=O) groups excluding carboxylic acids is 2. The second kappa shape index (κ2) is 4.52. The predicted molar refractivity (Wildman–Crippen MR) is 59.1 cm³/mol. The van der Waals surface area contributed by atoms with Crippen LogP contribution in [0.15, 0.2) is 0 Å². The van der Waals surface area contributed by atoms with Crippen LogP contribution in [0.25, 0.3) is 0 Å². The zero-order valence-corrected chi connectivity index (χ0v) is 10.6. The van der Waals surface area contributed by atoms with Crippen molar-refractivity contribution in [2.45, 2.75) is 44.9 Å². The molecule has 1 N–H and O–H groups in total. The molecular weight excluding hydrogens is 226 g/mol. The molecule has 1 amide bonds. The van der Waals surface area contributed by atoms with Crippen LogP contribution in [-0.4, -0.2) is 47.0 Å². The van der Waals surface area contributed by atoms with Gasteiger partial charge in [-0.3, -0.25) is 4.90 Å². The number of rotatable bonds is 1. The van der Waals surface area contributed by atoms with Gasteiger partial charge in [-0.25, -0.2) is 9.59 Å². The van der Waals surface area contributed by atoms with Gasteiger partial charge in [0.05, 0.1) is 7.11 Å². The number of methoxy groups -OCH3 is 1. The highest BCUT2D eigenvalue weighted by Crippen LogP contribution is 2.29. The molecule has 1 aliphatic rings. The van der Waals surface area contributed by atoms with Crippen molar-refractivity contribution < 1.29 is 24.2 Å². The number of carbonyl (C=O) groups is 2. The normalized spacial score (nSPS) is 24.6. The van der Waals surface area contributed by atoms with Gasteiger partial charge in [-0.15, -0.1) is 0 Å². The van der Waals surface area contributed by atoms with Gasteiger partial charge in [0.2, 0.25) is 5.72 Å². The fourth-order valence-electron chi connectivity index (χ4n) is 1.74. The molecule has 1 aliphatic heterocycles. The Labute approximate surface area is 100 Å². The Hall–Kier alpha value is -1.30. The van der Waals surface area contributed by atoms with E-state index in [0.717, 1.165) is 4.90 Å². The van der Waals surface area contributed by atoms with Crippen LogP contribution in [0.1, 0.15) is 33.6 Å². The fourth-order valence-corrected chi connectivity index (χ4v) is 1.74. The van der Waals surface area contributed by atoms with Crippen molar-refractivity contribution in [2.75, 3.05) is 13.7 Å². The topological polar surface area (TPSA) is 76.1 Å². The lowest BCUT2D eigenvalue weighted by Gasteiger charge is -2.32. The molecule has 1 rings (SSSR count). The van der Waals surface area contributed by atoms with Crippen molar-refractivity contribution in [1.82, 2.24) is 4.90 Å². The maximum absolute atomic E-state index is 11.8. The maximum Gasteiger partial charge on any atom is 0.413 e. The summed E-state index contributed by atoms with van der Waals surface area (Å²) in [5.41, 5.74) is -2.56. The molecule has 0 bridgehead atoms. The van der Waals surface area contributed by atoms with Crippen LogP contribution >= 0.6 is 0 Å². The van der Waals surface area contributed by atoms with E-state index >= 15 is 0 Å². The van der Waals surface area contributed by atoms with Gasteiger partial charge in [-0.05, 0) is 27.2 Å². The van der Waals surface area contributed by atoms with Gasteiger partial charge in [0, 0.05) is 13.0 Å². The summed E-state index contributed by atoms with van der Waals surface area (Å²) in [6.07, 6.45) is -0.00747. The molecule has 17 heavy (non-hydrogen) atoms. The van der Waals surface area contributed by atoms with Crippen molar-refractivity contribution in [3.05, 3.63) is 0 Å². The van der Waals surface area contributed by atoms with Crippen LogP contribution in [0.3, 0.4) is 0 Å². The monoisotopic (exact) mass is 245 g/mol. The minimum atomic E-state index is -1.89. The summed E-state index contributed by atoms with van der Waals surface area (Å²) in [6.45, 7) is 5.44. The van der Waals surface area contributed by atoms with Crippen LogP contribution in [0, 0.1) is 0 Å². The molecule has 0 aliphatic carbocycles. The summed E-state index contributed by atoms with van der Waals surface area (Å²) >= 11 is 0. The van der Waals surface area contributed by atoms with E-state index in [1.54, 1.807) is 20.8 Å². The van der Waals surface area contributed by atoms with Crippen molar-refractivity contribution >= 4 is 12.1 Å². The number of hydrogen-bond donors (Lipinski definition) is 1. The number of likely N-dealkylation sites (tertiary alicyclic amines) is 1. The number of aliphatic hydroxyl groups is 1. The quantitative estimate of drug-likeness (QED) is 0.694. The fraction of sp³-hybridized carbons (Fsp3) is 0.818. The first-order chi connectivity index (χ1) is 7.70. The first-order valence-electron chi connectivity index (χ1n) is 5.52. The SMILES string of the molecule is COC(=O)[C@@]1(O)CCCN1C(=O)OC(C)(C)C. The van der Waals surface area contributed by atoms with Gasteiger partial charge in [-0.1, -0.05) is 0 Å². The molecule has 0 aromatic carbocycles. The minimum Gasteiger partial charge on any atom is -0.465 e. The number of hydrogen-bond acceptors (Lipinski definition) is 5. The molecule has 0 aromatic heterocycles. The maximum atomic E-state index is 11.8.